The molecule has 0 amide bonds. The number of hydrogen-bond acceptors (Lipinski definition) is 3. The average Bonchev–Trinajstić information content (AvgIpc) is 3.02. The summed E-state index contributed by atoms with van der Waals surface area (Å²) in [5.41, 5.74) is 0.243. The third kappa shape index (κ3) is 2.22. The molecule has 17 heavy (non-hydrogen) atoms. The molecule has 0 spiro atoms. The van der Waals surface area contributed by atoms with E-state index in [9.17, 15) is 4.79 Å². The van der Waals surface area contributed by atoms with Crippen LogP contribution in [-0.4, -0.2) is 13.1 Å². The number of allylic oxidation sites excluding steroid dienone is 2. The third-order valence-electron chi connectivity index (χ3n) is 4.52. The van der Waals surface area contributed by atoms with Crippen molar-refractivity contribution in [2.45, 2.75) is 38.5 Å². The van der Waals surface area contributed by atoms with Gasteiger partial charge in [0.2, 0.25) is 0 Å². The zero-order valence-corrected chi connectivity index (χ0v) is 10.3. The van der Waals surface area contributed by atoms with Crippen molar-refractivity contribution in [2.24, 2.45) is 17.3 Å². The highest BCUT2D eigenvalue weighted by Crippen LogP contribution is 2.68. The Morgan fingerprint density at radius 3 is 2.59 bits per heavy atom. The molecule has 0 aromatic carbocycles. The minimum absolute atomic E-state index is 0.127. The average molecular weight is 233 g/mol. The number of esters is 1. The molecule has 1 fully saturated rings. The summed E-state index contributed by atoms with van der Waals surface area (Å²) in [6.45, 7) is 0. The maximum absolute atomic E-state index is 11.3. The van der Waals surface area contributed by atoms with Crippen LogP contribution in [-0.2, 0) is 9.53 Å². The quantitative estimate of drug-likeness (QED) is 0.542. The first-order chi connectivity index (χ1) is 8.24. The summed E-state index contributed by atoms with van der Waals surface area (Å²) >= 11 is 0. The summed E-state index contributed by atoms with van der Waals surface area (Å²) in [4.78, 5) is 11.3. The monoisotopic (exact) mass is 233 g/mol. The second-order valence-electron chi connectivity index (χ2n) is 5.12. The van der Waals surface area contributed by atoms with Gasteiger partial charge < -0.3 is 4.74 Å². The fourth-order valence-corrected chi connectivity index (χ4v) is 3.55. The zero-order chi connectivity index (χ0) is 12.3. The molecule has 0 aromatic rings. The molecule has 3 nitrogen and oxygen atoms in total. The normalized spacial score (nSPS) is 33.6. The minimum Gasteiger partial charge on any atom is -0.469 e. The van der Waals surface area contributed by atoms with E-state index < -0.39 is 0 Å². The maximum atomic E-state index is 11.3. The molecule has 2 aliphatic carbocycles. The number of hydrogen-bond donors (Lipinski definition) is 0. The Morgan fingerprint density at radius 2 is 2.06 bits per heavy atom. The summed E-state index contributed by atoms with van der Waals surface area (Å²) in [6, 6.07) is 2.24. The zero-order valence-electron chi connectivity index (χ0n) is 10.3. The predicted octanol–water partition coefficient (Wildman–Crippen LogP) is 2.83. The highest BCUT2D eigenvalue weighted by atomic mass is 16.5. The van der Waals surface area contributed by atoms with Crippen LogP contribution < -0.4 is 0 Å². The fraction of sp³-hybridized carbons (Fsp3) is 0.714. The molecular weight excluding hydrogens is 214 g/mol. The molecule has 92 valence electrons. The first-order valence-corrected chi connectivity index (χ1v) is 6.33. The van der Waals surface area contributed by atoms with Gasteiger partial charge in [0.05, 0.1) is 13.2 Å². The van der Waals surface area contributed by atoms with Crippen molar-refractivity contribution in [1.82, 2.24) is 0 Å². The van der Waals surface area contributed by atoms with E-state index in [1.807, 2.05) is 0 Å². The third-order valence-corrected chi connectivity index (χ3v) is 4.52. The van der Waals surface area contributed by atoms with Gasteiger partial charge >= 0.3 is 5.97 Å². The number of ether oxygens (including phenoxy) is 1. The Bertz CT molecular complexity index is 353. The number of nitriles is 1. The van der Waals surface area contributed by atoms with Crippen molar-refractivity contribution < 1.29 is 9.53 Å². The Hall–Kier alpha value is -1.30. The van der Waals surface area contributed by atoms with E-state index in [1.165, 1.54) is 7.11 Å². The van der Waals surface area contributed by atoms with E-state index in [-0.39, 0.29) is 11.4 Å². The SMILES string of the molecule is COC(=O)CCC1(CCC#N)[C@@H]2CC=CC[C@@H]21. The van der Waals surface area contributed by atoms with Crippen LogP contribution in [0.3, 0.4) is 0 Å². The molecule has 3 heteroatoms. The lowest BCUT2D eigenvalue weighted by Crippen LogP contribution is -2.10. The van der Waals surface area contributed by atoms with Crippen molar-refractivity contribution in [3.63, 3.8) is 0 Å². The molecule has 1 unspecified atom stereocenters. The molecule has 0 heterocycles. The van der Waals surface area contributed by atoms with Crippen LogP contribution in [0.2, 0.25) is 0 Å². The highest BCUT2D eigenvalue weighted by Gasteiger charge is 2.62. The number of rotatable bonds is 5. The van der Waals surface area contributed by atoms with Gasteiger partial charge in [-0.2, -0.15) is 5.26 Å². The Balaban J connectivity index is 1.96. The van der Waals surface area contributed by atoms with Crippen molar-refractivity contribution in [3.8, 4) is 6.07 Å². The molecule has 2 aliphatic rings. The minimum atomic E-state index is -0.127. The maximum Gasteiger partial charge on any atom is 0.305 e. The summed E-state index contributed by atoms with van der Waals surface area (Å²) in [5, 5.41) is 8.76. The molecule has 0 aromatic heterocycles. The topological polar surface area (TPSA) is 50.1 Å². The Morgan fingerprint density at radius 1 is 1.41 bits per heavy atom. The lowest BCUT2D eigenvalue weighted by molar-refractivity contribution is -0.141. The second-order valence-corrected chi connectivity index (χ2v) is 5.12. The molecule has 1 saturated carbocycles. The summed E-state index contributed by atoms with van der Waals surface area (Å²) in [5.74, 6) is 1.27. The van der Waals surface area contributed by atoms with Crippen LogP contribution in [0.1, 0.15) is 38.5 Å². The molecule has 2 rings (SSSR count). The number of carbonyl (C=O) groups excluding carboxylic acids is 1. The van der Waals surface area contributed by atoms with Gasteiger partial charge in [-0.1, -0.05) is 12.2 Å². The molecule has 3 atom stereocenters. The van der Waals surface area contributed by atoms with Gasteiger partial charge in [0, 0.05) is 12.8 Å². The van der Waals surface area contributed by atoms with E-state index in [2.05, 4.69) is 18.2 Å². The molecule has 0 N–H and O–H groups in total. The highest BCUT2D eigenvalue weighted by molar-refractivity contribution is 5.69. The van der Waals surface area contributed by atoms with Crippen LogP contribution in [0, 0.1) is 28.6 Å². The predicted molar refractivity (Wildman–Crippen MR) is 63.9 cm³/mol. The molecule has 0 saturated heterocycles. The largest absolute Gasteiger partial charge is 0.469 e. The van der Waals surface area contributed by atoms with Gasteiger partial charge in [-0.3, -0.25) is 4.79 Å². The van der Waals surface area contributed by atoms with Crippen LogP contribution in [0.15, 0.2) is 12.2 Å². The van der Waals surface area contributed by atoms with E-state index in [4.69, 9.17) is 10.00 Å². The van der Waals surface area contributed by atoms with Crippen molar-refractivity contribution in [2.75, 3.05) is 7.11 Å². The Kier molecular flexibility index (Phi) is 3.51. The van der Waals surface area contributed by atoms with Crippen molar-refractivity contribution in [3.05, 3.63) is 12.2 Å². The number of carbonyl (C=O) groups is 1. The van der Waals surface area contributed by atoms with E-state index in [0.29, 0.717) is 24.7 Å². The van der Waals surface area contributed by atoms with Crippen LogP contribution >= 0.6 is 0 Å². The van der Waals surface area contributed by atoms with E-state index in [0.717, 1.165) is 25.7 Å². The number of methoxy groups -OCH3 is 1. The molecule has 0 bridgehead atoms. The summed E-state index contributed by atoms with van der Waals surface area (Å²) in [6.07, 6.45) is 9.66. The van der Waals surface area contributed by atoms with Crippen LogP contribution in [0.5, 0.6) is 0 Å². The summed E-state index contributed by atoms with van der Waals surface area (Å²) in [7, 11) is 1.44. The van der Waals surface area contributed by atoms with Crippen LogP contribution in [0.25, 0.3) is 0 Å². The van der Waals surface area contributed by atoms with Gasteiger partial charge in [0.15, 0.2) is 0 Å². The molecular formula is C14H19NO2. The molecule has 0 aliphatic heterocycles. The van der Waals surface area contributed by atoms with Crippen LogP contribution in [0.4, 0.5) is 0 Å². The molecule has 0 radical (unpaired) electrons. The first-order valence-electron chi connectivity index (χ1n) is 6.33. The lowest BCUT2D eigenvalue weighted by atomic mass is 9.89. The number of fused-ring (bicyclic) bond motifs is 1. The second kappa shape index (κ2) is 4.91. The van der Waals surface area contributed by atoms with Gasteiger partial charge in [0.25, 0.3) is 0 Å². The summed E-state index contributed by atoms with van der Waals surface area (Å²) < 4.78 is 4.71. The van der Waals surface area contributed by atoms with Gasteiger partial charge in [0.1, 0.15) is 0 Å². The van der Waals surface area contributed by atoms with E-state index in [1.54, 1.807) is 0 Å². The smallest absolute Gasteiger partial charge is 0.305 e. The van der Waals surface area contributed by atoms with Crippen molar-refractivity contribution in [1.29, 1.82) is 5.26 Å². The van der Waals surface area contributed by atoms with Gasteiger partial charge in [-0.15, -0.1) is 0 Å². The fourth-order valence-electron chi connectivity index (χ4n) is 3.55. The number of nitrogens with zero attached hydrogens (tertiary/aromatic N) is 1. The van der Waals surface area contributed by atoms with E-state index >= 15 is 0 Å². The first kappa shape index (κ1) is 12.2. The Labute approximate surface area is 102 Å². The van der Waals surface area contributed by atoms with Gasteiger partial charge in [-0.25, -0.2) is 0 Å². The van der Waals surface area contributed by atoms with Crippen molar-refractivity contribution >= 4 is 5.97 Å². The standard InChI is InChI=1S/C14H19NO2/c1-17-13(16)7-9-14(8-4-10-15)11-5-2-3-6-12(11)14/h2-3,11-12H,4-9H2,1H3/t11-,12+,14?. The van der Waals surface area contributed by atoms with Gasteiger partial charge in [-0.05, 0) is 42.9 Å². The lowest BCUT2D eigenvalue weighted by Gasteiger charge is -2.15.